The number of likely N-dealkylation sites (N-methyl/N-ethyl adjacent to an activating group) is 1. The molecule has 0 aliphatic heterocycles. The van der Waals surface area contributed by atoms with Crippen molar-refractivity contribution in [3.8, 4) is 0 Å². The molecule has 0 amide bonds. The maximum Gasteiger partial charge on any atom is 0.312 e. The molecule has 3 heteroatoms. The van der Waals surface area contributed by atoms with Gasteiger partial charge in [-0.15, -0.1) is 0 Å². The monoisotopic (exact) mass is 263 g/mol. The SMILES string of the molecule is Cc1cc(C(C)(C)C)ccc1C(CN(C)C)C(=O)O. The topological polar surface area (TPSA) is 40.5 Å². The van der Waals surface area contributed by atoms with E-state index in [4.69, 9.17) is 0 Å². The lowest BCUT2D eigenvalue weighted by Crippen LogP contribution is -2.26. The smallest absolute Gasteiger partial charge is 0.312 e. The summed E-state index contributed by atoms with van der Waals surface area (Å²) in [6, 6.07) is 6.13. The molecule has 106 valence electrons. The predicted molar refractivity (Wildman–Crippen MR) is 78.8 cm³/mol. The van der Waals surface area contributed by atoms with Gasteiger partial charge in [-0.25, -0.2) is 0 Å². The zero-order valence-electron chi connectivity index (χ0n) is 12.8. The number of hydrogen-bond donors (Lipinski definition) is 1. The Hall–Kier alpha value is -1.35. The van der Waals surface area contributed by atoms with Crippen molar-refractivity contribution in [2.75, 3.05) is 20.6 Å². The number of carbonyl (C=O) groups is 1. The average molecular weight is 263 g/mol. The van der Waals surface area contributed by atoms with Gasteiger partial charge in [-0.1, -0.05) is 39.0 Å². The molecule has 0 saturated heterocycles. The van der Waals surface area contributed by atoms with Gasteiger partial charge >= 0.3 is 5.97 Å². The van der Waals surface area contributed by atoms with E-state index in [0.29, 0.717) is 6.54 Å². The van der Waals surface area contributed by atoms with Crippen LogP contribution < -0.4 is 0 Å². The van der Waals surface area contributed by atoms with Gasteiger partial charge in [0.05, 0.1) is 5.92 Å². The Morgan fingerprint density at radius 2 is 1.89 bits per heavy atom. The Morgan fingerprint density at radius 1 is 1.32 bits per heavy atom. The lowest BCUT2D eigenvalue weighted by molar-refractivity contribution is -0.139. The first-order valence-electron chi connectivity index (χ1n) is 6.61. The molecule has 1 N–H and O–H groups in total. The molecule has 19 heavy (non-hydrogen) atoms. The minimum Gasteiger partial charge on any atom is -0.481 e. The fraction of sp³-hybridized carbons (Fsp3) is 0.562. The van der Waals surface area contributed by atoms with Crippen molar-refractivity contribution in [2.24, 2.45) is 0 Å². The molecule has 0 radical (unpaired) electrons. The van der Waals surface area contributed by atoms with Gasteiger partial charge in [0.2, 0.25) is 0 Å². The van der Waals surface area contributed by atoms with Crippen LogP contribution in [-0.2, 0) is 10.2 Å². The van der Waals surface area contributed by atoms with Crippen LogP contribution >= 0.6 is 0 Å². The molecule has 0 heterocycles. The molecular formula is C16H25NO2. The summed E-state index contributed by atoms with van der Waals surface area (Å²) in [7, 11) is 3.80. The van der Waals surface area contributed by atoms with Gasteiger partial charge in [-0.3, -0.25) is 4.79 Å². The molecule has 1 aromatic carbocycles. The number of hydrogen-bond acceptors (Lipinski definition) is 2. The van der Waals surface area contributed by atoms with Gasteiger partial charge in [0.15, 0.2) is 0 Å². The van der Waals surface area contributed by atoms with Crippen LogP contribution in [0, 0.1) is 6.92 Å². The molecule has 0 aliphatic rings. The van der Waals surface area contributed by atoms with Crippen molar-refractivity contribution >= 4 is 5.97 Å². The second-order valence-corrected chi connectivity index (χ2v) is 6.47. The van der Waals surface area contributed by atoms with Gasteiger partial charge in [-0.2, -0.15) is 0 Å². The number of carboxylic acid groups (broad SMARTS) is 1. The van der Waals surface area contributed by atoms with Gasteiger partial charge in [0, 0.05) is 6.54 Å². The molecule has 0 saturated carbocycles. The van der Waals surface area contributed by atoms with Crippen molar-refractivity contribution in [2.45, 2.75) is 39.0 Å². The highest BCUT2D eigenvalue weighted by atomic mass is 16.4. The van der Waals surface area contributed by atoms with Crippen molar-refractivity contribution < 1.29 is 9.90 Å². The van der Waals surface area contributed by atoms with Crippen LogP contribution in [0.15, 0.2) is 18.2 Å². The second kappa shape index (κ2) is 5.74. The quantitative estimate of drug-likeness (QED) is 0.907. The summed E-state index contributed by atoms with van der Waals surface area (Å²) in [5.41, 5.74) is 3.29. The number of carboxylic acids is 1. The first-order chi connectivity index (χ1) is 8.62. The van der Waals surface area contributed by atoms with E-state index in [1.54, 1.807) is 0 Å². The van der Waals surface area contributed by atoms with Crippen LogP contribution in [0.3, 0.4) is 0 Å². The summed E-state index contributed by atoms with van der Waals surface area (Å²) >= 11 is 0. The largest absolute Gasteiger partial charge is 0.481 e. The standard InChI is InChI=1S/C16H25NO2/c1-11-9-12(16(2,3)4)7-8-13(11)14(15(18)19)10-17(5)6/h7-9,14H,10H2,1-6H3,(H,18,19). The molecular weight excluding hydrogens is 238 g/mol. The van der Waals surface area contributed by atoms with E-state index in [1.807, 2.05) is 38.1 Å². The molecule has 1 unspecified atom stereocenters. The third kappa shape index (κ3) is 4.06. The number of nitrogens with zero attached hydrogens (tertiary/aromatic N) is 1. The summed E-state index contributed by atoms with van der Waals surface area (Å²) in [6.45, 7) is 9.00. The van der Waals surface area contributed by atoms with E-state index in [0.717, 1.165) is 11.1 Å². The van der Waals surface area contributed by atoms with Crippen molar-refractivity contribution in [1.82, 2.24) is 4.90 Å². The van der Waals surface area contributed by atoms with Crippen LogP contribution in [0.2, 0.25) is 0 Å². The second-order valence-electron chi connectivity index (χ2n) is 6.47. The van der Waals surface area contributed by atoms with Crippen molar-refractivity contribution in [3.63, 3.8) is 0 Å². The zero-order valence-corrected chi connectivity index (χ0v) is 12.8. The lowest BCUT2D eigenvalue weighted by Gasteiger charge is -2.23. The van der Waals surface area contributed by atoms with Gasteiger partial charge in [0.1, 0.15) is 0 Å². The van der Waals surface area contributed by atoms with Crippen LogP contribution in [0.1, 0.15) is 43.4 Å². The normalized spacial score (nSPS) is 13.6. The predicted octanol–water partition coefficient (Wildman–Crippen LogP) is 3.02. The van der Waals surface area contributed by atoms with Crippen molar-refractivity contribution in [1.29, 1.82) is 0 Å². The maximum atomic E-state index is 11.4. The molecule has 1 rings (SSSR count). The first kappa shape index (κ1) is 15.7. The highest BCUT2D eigenvalue weighted by molar-refractivity contribution is 5.77. The Morgan fingerprint density at radius 3 is 2.26 bits per heavy atom. The number of benzene rings is 1. The van der Waals surface area contributed by atoms with Gasteiger partial charge < -0.3 is 10.0 Å². The van der Waals surface area contributed by atoms with Crippen LogP contribution in [0.5, 0.6) is 0 Å². The molecule has 1 aromatic rings. The number of aliphatic carboxylic acids is 1. The minimum absolute atomic E-state index is 0.0869. The zero-order chi connectivity index (χ0) is 14.8. The van der Waals surface area contributed by atoms with Crippen LogP contribution in [-0.4, -0.2) is 36.6 Å². The molecule has 0 bridgehead atoms. The third-order valence-corrected chi connectivity index (χ3v) is 3.36. The Balaban J connectivity index is 3.16. The van der Waals surface area contributed by atoms with E-state index in [9.17, 15) is 9.90 Å². The van der Waals surface area contributed by atoms with Crippen LogP contribution in [0.25, 0.3) is 0 Å². The van der Waals surface area contributed by atoms with Gasteiger partial charge in [0.25, 0.3) is 0 Å². The Labute approximate surface area is 116 Å². The van der Waals surface area contributed by atoms with Crippen molar-refractivity contribution in [3.05, 3.63) is 34.9 Å². The van der Waals surface area contributed by atoms with E-state index >= 15 is 0 Å². The molecule has 1 atom stereocenters. The van der Waals surface area contributed by atoms with E-state index < -0.39 is 11.9 Å². The minimum atomic E-state index is -0.764. The molecule has 0 spiro atoms. The highest BCUT2D eigenvalue weighted by Crippen LogP contribution is 2.28. The highest BCUT2D eigenvalue weighted by Gasteiger charge is 2.23. The molecule has 0 aliphatic carbocycles. The summed E-state index contributed by atoms with van der Waals surface area (Å²) in [6.07, 6.45) is 0. The summed E-state index contributed by atoms with van der Waals surface area (Å²) in [4.78, 5) is 13.4. The van der Waals surface area contributed by atoms with E-state index in [-0.39, 0.29) is 5.41 Å². The Kier molecular flexibility index (Phi) is 4.75. The van der Waals surface area contributed by atoms with Gasteiger partial charge in [-0.05, 0) is 43.1 Å². The molecule has 0 fully saturated rings. The number of aryl methyl sites for hydroxylation is 1. The Bertz CT molecular complexity index is 458. The van der Waals surface area contributed by atoms with E-state index in [2.05, 4.69) is 26.8 Å². The van der Waals surface area contributed by atoms with Crippen LogP contribution in [0.4, 0.5) is 0 Å². The lowest BCUT2D eigenvalue weighted by atomic mass is 9.83. The third-order valence-electron chi connectivity index (χ3n) is 3.36. The molecule has 3 nitrogen and oxygen atoms in total. The fourth-order valence-corrected chi connectivity index (χ4v) is 2.21. The summed E-state index contributed by atoms with van der Waals surface area (Å²) < 4.78 is 0. The summed E-state index contributed by atoms with van der Waals surface area (Å²) in [5.74, 6) is -1.23. The summed E-state index contributed by atoms with van der Waals surface area (Å²) in [5, 5.41) is 9.40. The number of rotatable bonds is 4. The average Bonchev–Trinajstić information content (AvgIpc) is 2.24. The fourth-order valence-electron chi connectivity index (χ4n) is 2.21. The molecule has 0 aromatic heterocycles. The first-order valence-corrected chi connectivity index (χ1v) is 6.61. The maximum absolute atomic E-state index is 11.4. The van der Waals surface area contributed by atoms with E-state index in [1.165, 1.54) is 5.56 Å².